The highest BCUT2D eigenvalue weighted by Crippen LogP contribution is 2.25. The number of aliphatic carboxylic acids is 1. The number of alkyl halides is 6. The lowest BCUT2D eigenvalue weighted by Gasteiger charge is -2.23. The van der Waals surface area contributed by atoms with Crippen LogP contribution in [0.3, 0.4) is 0 Å². The zero-order chi connectivity index (χ0) is 40.3. The van der Waals surface area contributed by atoms with E-state index in [0.29, 0.717) is 0 Å². The van der Waals surface area contributed by atoms with Crippen molar-refractivity contribution in [1.82, 2.24) is 26.6 Å². The van der Waals surface area contributed by atoms with Gasteiger partial charge in [-0.2, -0.15) is 26.3 Å². The lowest BCUT2D eigenvalue weighted by molar-refractivity contribution is -0.192. The second-order valence-electron chi connectivity index (χ2n) is 11.0. The summed E-state index contributed by atoms with van der Waals surface area (Å²) >= 11 is 0. The number of urea groups is 1. The van der Waals surface area contributed by atoms with Crippen molar-refractivity contribution in [2.24, 2.45) is 10.7 Å². The van der Waals surface area contributed by atoms with Gasteiger partial charge in [-0.05, 0) is 41.7 Å². The van der Waals surface area contributed by atoms with Crippen molar-refractivity contribution in [3.63, 3.8) is 0 Å². The molecule has 0 aliphatic carbocycles. The van der Waals surface area contributed by atoms with Crippen molar-refractivity contribution < 1.29 is 60.5 Å². The molecule has 14 nitrogen and oxygen atoms in total. The van der Waals surface area contributed by atoms with Gasteiger partial charge in [0.1, 0.15) is 11.8 Å². The van der Waals surface area contributed by atoms with E-state index in [2.05, 4.69) is 26.3 Å². The lowest BCUT2D eigenvalue weighted by Crippen LogP contribution is -2.48. The molecule has 0 aliphatic heterocycles. The van der Waals surface area contributed by atoms with E-state index in [1.165, 1.54) is 12.1 Å². The van der Waals surface area contributed by atoms with Gasteiger partial charge in [0.25, 0.3) is 0 Å². The quantitative estimate of drug-likeness (QED) is 0.0526. The molecule has 5 amide bonds. The molecule has 0 heterocycles. The molecular weight excluding hydrogens is 732 g/mol. The molecule has 0 radical (unpaired) electrons. The number of phenolic OH excluding ortho intramolecular Hbond substituents is 1. The Balaban J connectivity index is 0.00000131. The number of carbonyl (C=O) groups excluding carboxylic acids is 4. The third-order valence-electron chi connectivity index (χ3n) is 6.93. The van der Waals surface area contributed by atoms with Crippen molar-refractivity contribution >= 4 is 35.7 Å². The molecule has 3 aromatic rings. The number of carboxylic acid groups (broad SMARTS) is 1. The van der Waals surface area contributed by atoms with Gasteiger partial charge in [-0.3, -0.25) is 24.7 Å². The predicted octanol–water partition coefficient (Wildman–Crippen LogP) is 3.03. The number of rotatable bonds is 14. The third kappa shape index (κ3) is 16.3. The van der Waals surface area contributed by atoms with Crippen LogP contribution in [-0.4, -0.2) is 83.9 Å². The Morgan fingerprint density at radius 2 is 1.24 bits per heavy atom. The van der Waals surface area contributed by atoms with Gasteiger partial charge in [0.2, 0.25) is 11.8 Å². The molecule has 292 valence electrons. The van der Waals surface area contributed by atoms with Crippen LogP contribution in [0, 0.1) is 0 Å². The number of amides is 5. The smallest absolute Gasteiger partial charge is 0.490 e. The first kappa shape index (κ1) is 43.8. The number of benzene rings is 3. The van der Waals surface area contributed by atoms with Crippen LogP contribution in [0.2, 0.25) is 0 Å². The number of aromatic hydroxyl groups is 1. The van der Waals surface area contributed by atoms with E-state index in [9.17, 15) is 50.6 Å². The van der Waals surface area contributed by atoms with Crippen LogP contribution in [0.15, 0.2) is 89.9 Å². The standard InChI is InChI=1S/C32H36F3N7O5.C2HF3O2/c33-32(34,35)29(46)37-18-19-39-31(47)42-30(36)38-17-7-12-25(27(44)40-20-21-13-15-24(43)16-14-21)41-28(45)26(22-8-3-1-4-9-22)23-10-5-2-6-11-23;3-2(4,5)1(6)7/h1-6,8-11,13-16,25-26,43H,7,12,17-20H2,(H,37,46)(H,40,44)(H,41,45)(H4,36,38,39,42,47);(H,6,7)/t25-;/m1./s1. The van der Waals surface area contributed by atoms with Gasteiger partial charge in [-0.15, -0.1) is 0 Å². The van der Waals surface area contributed by atoms with Crippen LogP contribution < -0.4 is 32.3 Å². The van der Waals surface area contributed by atoms with Crippen LogP contribution in [-0.2, 0) is 25.7 Å². The molecule has 1 atom stereocenters. The monoisotopic (exact) mass is 769 g/mol. The van der Waals surface area contributed by atoms with E-state index in [1.807, 2.05) is 60.7 Å². The zero-order valence-corrected chi connectivity index (χ0v) is 28.2. The first-order valence-electron chi connectivity index (χ1n) is 15.8. The molecule has 20 heteroatoms. The first-order chi connectivity index (χ1) is 25.4. The van der Waals surface area contributed by atoms with Gasteiger partial charge in [-0.1, -0.05) is 72.8 Å². The van der Waals surface area contributed by atoms with E-state index in [-0.39, 0.29) is 50.1 Å². The molecule has 54 heavy (non-hydrogen) atoms. The largest absolute Gasteiger partial charge is 0.508 e. The lowest BCUT2D eigenvalue weighted by atomic mass is 9.90. The maximum atomic E-state index is 13.7. The molecule has 0 unspecified atom stereocenters. The summed E-state index contributed by atoms with van der Waals surface area (Å²) in [6, 6.07) is 22.8. The van der Waals surface area contributed by atoms with E-state index in [4.69, 9.17) is 15.6 Å². The SMILES string of the molecule is NC(=NCCC[C@@H](NC(=O)C(c1ccccc1)c1ccccc1)C(=O)NCc1ccc(O)cc1)NC(=O)NCCNC(=O)C(F)(F)F.O=C(O)C(F)(F)F. The van der Waals surface area contributed by atoms with Crippen LogP contribution in [0.25, 0.3) is 0 Å². The fourth-order valence-corrected chi connectivity index (χ4v) is 4.38. The number of hydrogen-bond acceptors (Lipinski definition) is 7. The molecule has 3 aromatic carbocycles. The molecule has 0 saturated carbocycles. The first-order valence-corrected chi connectivity index (χ1v) is 15.8. The Bertz CT molecular complexity index is 1670. The van der Waals surface area contributed by atoms with E-state index >= 15 is 0 Å². The number of nitrogens with two attached hydrogens (primary N) is 1. The van der Waals surface area contributed by atoms with Crippen molar-refractivity contribution in [2.75, 3.05) is 19.6 Å². The number of guanidine groups is 1. The number of halogens is 6. The highest BCUT2D eigenvalue weighted by atomic mass is 19.4. The summed E-state index contributed by atoms with van der Waals surface area (Å²) in [6.45, 7) is -0.545. The van der Waals surface area contributed by atoms with Gasteiger partial charge in [0.05, 0.1) is 5.92 Å². The highest BCUT2D eigenvalue weighted by molar-refractivity contribution is 5.95. The van der Waals surface area contributed by atoms with Gasteiger partial charge in [0.15, 0.2) is 5.96 Å². The maximum absolute atomic E-state index is 13.7. The molecule has 0 aromatic heterocycles. The minimum Gasteiger partial charge on any atom is -0.508 e. The van der Waals surface area contributed by atoms with Crippen LogP contribution in [0.5, 0.6) is 5.75 Å². The van der Waals surface area contributed by atoms with E-state index < -0.39 is 54.7 Å². The van der Waals surface area contributed by atoms with Crippen molar-refractivity contribution in [3.8, 4) is 5.75 Å². The molecule has 0 bridgehead atoms. The number of carboxylic acids is 1. The Kier molecular flexibility index (Phi) is 17.2. The number of nitrogens with one attached hydrogen (secondary N) is 5. The normalized spacial score (nSPS) is 12.0. The summed E-state index contributed by atoms with van der Waals surface area (Å²) in [6.07, 6.45) is -9.68. The van der Waals surface area contributed by atoms with Gasteiger partial charge >= 0.3 is 30.3 Å². The second kappa shape index (κ2) is 21.2. The molecule has 0 fully saturated rings. The maximum Gasteiger partial charge on any atom is 0.490 e. The topological polar surface area (TPSA) is 224 Å². The molecule has 3 rings (SSSR count). The molecule has 0 spiro atoms. The number of hydrogen-bond donors (Lipinski definition) is 8. The van der Waals surface area contributed by atoms with E-state index in [1.54, 1.807) is 17.4 Å². The summed E-state index contributed by atoms with van der Waals surface area (Å²) in [5.41, 5.74) is 7.94. The molecule has 0 aliphatic rings. The second-order valence-corrected chi connectivity index (χ2v) is 11.0. The number of nitrogens with zero attached hydrogens (tertiary/aromatic N) is 1. The van der Waals surface area contributed by atoms with Gasteiger partial charge < -0.3 is 37.2 Å². The summed E-state index contributed by atoms with van der Waals surface area (Å²) in [7, 11) is 0. The predicted molar refractivity (Wildman–Crippen MR) is 182 cm³/mol. The zero-order valence-electron chi connectivity index (χ0n) is 28.2. The van der Waals surface area contributed by atoms with Gasteiger partial charge in [-0.25, -0.2) is 9.59 Å². The fourth-order valence-electron chi connectivity index (χ4n) is 4.38. The minimum absolute atomic E-state index is 0.0617. The average molecular weight is 770 g/mol. The van der Waals surface area contributed by atoms with Crippen molar-refractivity contribution in [3.05, 3.63) is 102 Å². The summed E-state index contributed by atoms with van der Waals surface area (Å²) < 4.78 is 68.4. The molecular formula is C34H37F6N7O7. The summed E-state index contributed by atoms with van der Waals surface area (Å²) in [4.78, 5) is 62.7. The molecule has 0 saturated heterocycles. The number of carbonyl (C=O) groups is 5. The highest BCUT2D eigenvalue weighted by Gasteiger charge is 2.39. The summed E-state index contributed by atoms with van der Waals surface area (Å²) in [5.74, 6) is -6.61. The Hall–Kier alpha value is -6.34. The Morgan fingerprint density at radius 3 is 1.74 bits per heavy atom. The van der Waals surface area contributed by atoms with Crippen molar-refractivity contribution in [2.45, 2.75) is 43.7 Å². The average Bonchev–Trinajstić information content (AvgIpc) is 3.11. The van der Waals surface area contributed by atoms with Crippen LogP contribution in [0.4, 0.5) is 31.1 Å². The third-order valence-corrected chi connectivity index (χ3v) is 6.93. The van der Waals surface area contributed by atoms with Crippen molar-refractivity contribution in [1.29, 1.82) is 0 Å². The van der Waals surface area contributed by atoms with Crippen LogP contribution >= 0.6 is 0 Å². The fraction of sp³-hybridized carbons (Fsp3) is 0.294. The number of aliphatic imine (C=N–C) groups is 1. The van der Waals surface area contributed by atoms with E-state index in [0.717, 1.165) is 16.7 Å². The number of phenols is 1. The Morgan fingerprint density at radius 1 is 0.722 bits per heavy atom. The summed E-state index contributed by atoms with van der Waals surface area (Å²) in [5, 5.41) is 28.4. The molecule has 9 N–H and O–H groups in total. The van der Waals surface area contributed by atoms with Crippen LogP contribution in [0.1, 0.15) is 35.4 Å². The minimum atomic E-state index is -5.08. The van der Waals surface area contributed by atoms with Gasteiger partial charge in [0, 0.05) is 26.2 Å². The Labute approximate surface area is 304 Å².